The van der Waals surface area contributed by atoms with Gasteiger partial charge in [-0.2, -0.15) is 0 Å². The molecule has 1 aromatic carbocycles. The molecule has 0 amide bonds. The second kappa shape index (κ2) is 9.52. The summed E-state index contributed by atoms with van der Waals surface area (Å²) in [6.45, 7) is 1.89. The fourth-order valence-electron chi connectivity index (χ4n) is 2.39. The first-order chi connectivity index (χ1) is 10.1. The maximum Gasteiger partial charge on any atom is 0.193 e. The maximum absolute atomic E-state index is 13.8. The van der Waals surface area contributed by atoms with Gasteiger partial charge in [-0.3, -0.25) is 4.99 Å². The summed E-state index contributed by atoms with van der Waals surface area (Å²) in [6.07, 6.45) is 2.39. The second-order valence-corrected chi connectivity index (χ2v) is 5.53. The summed E-state index contributed by atoms with van der Waals surface area (Å²) in [5, 5.41) is 3.68. The lowest BCUT2D eigenvalue weighted by molar-refractivity contribution is 0.113. The number of nitrogens with one attached hydrogen (secondary N) is 1. The molecule has 1 N–H and O–H groups in total. The Hall–Kier alpha value is -0.600. The molecule has 1 atom stereocenters. The van der Waals surface area contributed by atoms with E-state index >= 15 is 0 Å². The SMILES string of the molecule is CN=C(NCC1CCCO1)N(C)Cc1c(F)cccc1Cl.I. The van der Waals surface area contributed by atoms with Gasteiger partial charge in [0.15, 0.2) is 5.96 Å². The van der Waals surface area contributed by atoms with Gasteiger partial charge in [0, 0.05) is 44.4 Å². The largest absolute Gasteiger partial charge is 0.376 e. The van der Waals surface area contributed by atoms with E-state index in [4.69, 9.17) is 16.3 Å². The van der Waals surface area contributed by atoms with E-state index in [1.165, 1.54) is 6.07 Å². The number of nitrogens with zero attached hydrogens (tertiary/aromatic N) is 2. The second-order valence-electron chi connectivity index (χ2n) is 5.12. The first-order valence-corrected chi connectivity index (χ1v) is 7.46. The summed E-state index contributed by atoms with van der Waals surface area (Å²) >= 11 is 6.06. The lowest BCUT2D eigenvalue weighted by Crippen LogP contribution is -2.41. The third kappa shape index (κ3) is 5.24. The van der Waals surface area contributed by atoms with Crippen LogP contribution in [-0.4, -0.2) is 44.2 Å². The van der Waals surface area contributed by atoms with Gasteiger partial charge in [0.25, 0.3) is 0 Å². The van der Waals surface area contributed by atoms with Gasteiger partial charge in [-0.15, -0.1) is 24.0 Å². The fraction of sp³-hybridized carbons (Fsp3) is 0.533. The molecule has 1 heterocycles. The van der Waals surface area contributed by atoms with Gasteiger partial charge in [0.05, 0.1) is 6.10 Å². The standard InChI is InChI=1S/C15H21ClFN3O.HI/c1-18-15(19-9-11-5-4-8-21-11)20(2)10-12-13(16)6-3-7-14(12)17;/h3,6-7,11H,4-5,8-10H2,1-2H3,(H,18,19);1H. The van der Waals surface area contributed by atoms with Crippen molar-refractivity contribution in [2.45, 2.75) is 25.5 Å². The number of guanidine groups is 1. The van der Waals surface area contributed by atoms with Gasteiger partial charge in [-0.25, -0.2) is 4.39 Å². The van der Waals surface area contributed by atoms with E-state index in [0.29, 0.717) is 29.6 Å². The topological polar surface area (TPSA) is 36.9 Å². The summed E-state index contributed by atoms with van der Waals surface area (Å²) in [6, 6.07) is 4.71. The minimum atomic E-state index is -0.302. The highest BCUT2D eigenvalue weighted by Crippen LogP contribution is 2.20. The molecule has 0 radical (unpaired) electrons. The normalized spacial score (nSPS) is 18.0. The number of ether oxygens (including phenoxy) is 1. The summed E-state index contributed by atoms with van der Waals surface area (Å²) in [4.78, 5) is 6.06. The first-order valence-electron chi connectivity index (χ1n) is 7.08. The molecule has 0 aliphatic carbocycles. The Balaban J connectivity index is 0.00000242. The number of rotatable bonds is 4. The van der Waals surface area contributed by atoms with Crippen molar-refractivity contribution >= 4 is 41.5 Å². The summed E-state index contributed by atoms with van der Waals surface area (Å²) in [7, 11) is 3.56. The fourth-order valence-corrected chi connectivity index (χ4v) is 2.61. The highest BCUT2D eigenvalue weighted by atomic mass is 127. The lowest BCUT2D eigenvalue weighted by Gasteiger charge is -2.24. The summed E-state index contributed by atoms with van der Waals surface area (Å²) in [5.74, 6) is 0.397. The average molecular weight is 442 g/mol. The van der Waals surface area contributed by atoms with Crippen molar-refractivity contribution in [3.8, 4) is 0 Å². The Kier molecular flexibility index (Phi) is 8.41. The Labute approximate surface area is 153 Å². The molecule has 2 rings (SSSR count). The van der Waals surface area contributed by atoms with Crippen LogP contribution in [0.3, 0.4) is 0 Å². The summed E-state index contributed by atoms with van der Waals surface area (Å²) < 4.78 is 19.4. The Morgan fingerprint density at radius 2 is 2.32 bits per heavy atom. The zero-order valence-corrected chi connectivity index (χ0v) is 15.9. The quantitative estimate of drug-likeness (QED) is 0.443. The molecule has 1 aromatic rings. The molecular formula is C15H22ClFIN3O. The van der Waals surface area contributed by atoms with E-state index in [2.05, 4.69) is 10.3 Å². The predicted octanol–water partition coefficient (Wildman–Crippen LogP) is 3.28. The van der Waals surface area contributed by atoms with Crippen molar-refractivity contribution in [2.24, 2.45) is 4.99 Å². The highest BCUT2D eigenvalue weighted by Gasteiger charge is 2.17. The van der Waals surface area contributed by atoms with Crippen LogP contribution < -0.4 is 5.32 Å². The third-order valence-corrected chi connectivity index (χ3v) is 3.90. The number of benzene rings is 1. The van der Waals surface area contributed by atoms with Crippen molar-refractivity contribution in [2.75, 3.05) is 27.2 Å². The lowest BCUT2D eigenvalue weighted by atomic mass is 10.2. The van der Waals surface area contributed by atoms with Crippen LogP contribution in [0.2, 0.25) is 5.02 Å². The Bertz CT molecular complexity index is 489. The molecule has 7 heteroatoms. The molecule has 1 saturated heterocycles. The van der Waals surface area contributed by atoms with Crippen molar-refractivity contribution < 1.29 is 9.13 Å². The molecule has 0 spiro atoms. The molecule has 22 heavy (non-hydrogen) atoms. The van der Waals surface area contributed by atoms with Crippen molar-refractivity contribution in [1.82, 2.24) is 10.2 Å². The van der Waals surface area contributed by atoms with Crippen LogP contribution in [0.5, 0.6) is 0 Å². The van der Waals surface area contributed by atoms with Gasteiger partial charge in [-0.1, -0.05) is 17.7 Å². The third-order valence-electron chi connectivity index (χ3n) is 3.54. The number of halogens is 3. The van der Waals surface area contributed by atoms with Crippen molar-refractivity contribution in [3.63, 3.8) is 0 Å². The van der Waals surface area contributed by atoms with Crippen LogP contribution >= 0.6 is 35.6 Å². The molecule has 1 aliphatic heterocycles. The average Bonchev–Trinajstić information content (AvgIpc) is 2.97. The van der Waals surface area contributed by atoms with Gasteiger partial charge in [-0.05, 0) is 25.0 Å². The van der Waals surface area contributed by atoms with Gasteiger partial charge in [0.2, 0.25) is 0 Å². The van der Waals surface area contributed by atoms with Gasteiger partial charge >= 0.3 is 0 Å². The zero-order chi connectivity index (χ0) is 15.2. The number of hydrogen-bond acceptors (Lipinski definition) is 2. The zero-order valence-electron chi connectivity index (χ0n) is 12.8. The molecule has 4 nitrogen and oxygen atoms in total. The number of hydrogen-bond donors (Lipinski definition) is 1. The van der Waals surface area contributed by atoms with E-state index in [-0.39, 0.29) is 35.9 Å². The monoisotopic (exact) mass is 441 g/mol. The van der Waals surface area contributed by atoms with Gasteiger partial charge < -0.3 is 15.0 Å². The molecular weight excluding hydrogens is 420 g/mol. The minimum absolute atomic E-state index is 0. The predicted molar refractivity (Wildman–Crippen MR) is 98.6 cm³/mol. The maximum atomic E-state index is 13.8. The highest BCUT2D eigenvalue weighted by molar-refractivity contribution is 14.0. The molecule has 124 valence electrons. The number of aliphatic imine (C=N–C) groups is 1. The minimum Gasteiger partial charge on any atom is -0.376 e. The van der Waals surface area contributed by atoms with E-state index in [1.54, 1.807) is 19.2 Å². The van der Waals surface area contributed by atoms with E-state index in [1.807, 2.05) is 11.9 Å². The van der Waals surface area contributed by atoms with Crippen molar-refractivity contribution in [1.29, 1.82) is 0 Å². The Morgan fingerprint density at radius 3 is 2.91 bits per heavy atom. The van der Waals surface area contributed by atoms with Crippen LogP contribution in [0, 0.1) is 5.82 Å². The van der Waals surface area contributed by atoms with Crippen molar-refractivity contribution in [3.05, 3.63) is 34.6 Å². The van der Waals surface area contributed by atoms with Crippen LogP contribution in [-0.2, 0) is 11.3 Å². The molecule has 1 unspecified atom stereocenters. The van der Waals surface area contributed by atoms with E-state index in [0.717, 1.165) is 19.4 Å². The van der Waals surface area contributed by atoms with Gasteiger partial charge in [0.1, 0.15) is 5.82 Å². The smallest absolute Gasteiger partial charge is 0.193 e. The molecule has 0 aromatic heterocycles. The van der Waals surface area contributed by atoms with Crippen LogP contribution in [0.4, 0.5) is 4.39 Å². The summed E-state index contributed by atoms with van der Waals surface area (Å²) in [5.41, 5.74) is 0.474. The first kappa shape index (κ1) is 19.4. The van der Waals surface area contributed by atoms with Crippen LogP contribution in [0.25, 0.3) is 0 Å². The van der Waals surface area contributed by atoms with E-state index in [9.17, 15) is 4.39 Å². The Morgan fingerprint density at radius 1 is 1.55 bits per heavy atom. The molecule has 0 saturated carbocycles. The van der Waals surface area contributed by atoms with Crippen LogP contribution in [0.1, 0.15) is 18.4 Å². The molecule has 1 fully saturated rings. The molecule has 1 aliphatic rings. The van der Waals surface area contributed by atoms with Crippen LogP contribution in [0.15, 0.2) is 23.2 Å². The molecule has 0 bridgehead atoms. The van der Waals surface area contributed by atoms with E-state index < -0.39 is 0 Å².